The lowest BCUT2D eigenvalue weighted by atomic mass is 10.2. The SMILES string of the molecule is NCCOCCOCC1CCCN1. The van der Waals surface area contributed by atoms with Crippen LogP contribution in [0.25, 0.3) is 0 Å². The fraction of sp³-hybridized carbons (Fsp3) is 1.00. The molecular weight excluding hydrogens is 168 g/mol. The second-order valence-corrected chi connectivity index (χ2v) is 3.27. The standard InChI is InChI=1S/C9H20N2O2/c10-3-5-12-6-7-13-8-9-2-1-4-11-9/h9,11H,1-8,10H2. The average Bonchev–Trinajstić information content (AvgIpc) is 2.63. The maximum absolute atomic E-state index is 5.44. The topological polar surface area (TPSA) is 56.5 Å². The van der Waals surface area contributed by atoms with Crippen molar-refractivity contribution >= 4 is 0 Å². The lowest BCUT2D eigenvalue weighted by Crippen LogP contribution is -2.27. The summed E-state index contributed by atoms with van der Waals surface area (Å²) in [6, 6.07) is 0.564. The summed E-state index contributed by atoms with van der Waals surface area (Å²) in [7, 11) is 0. The molecule has 3 N–H and O–H groups in total. The van der Waals surface area contributed by atoms with E-state index in [0.29, 0.717) is 32.4 Å². The second-order valence-electron chi connectivity index (χ2n) is 3.27. The smallest absolute Gasteiger partial charge is 0.0701 e. The van der Waals surface area contributed by atoms with Gasteiger partial charge in [-0.15, -0.1) is 0 Å². The third kappa shape index (κ3) is 5.21. The van der Waals surface area contributed by atoms with Crippen molar-refractivity contribution in [3.05, 3.63) is 0 Å². The van der Waals surface area contributed by atoms with Crippen molar-refractivity contribution in [1.29, 1.82) is 0 Å². The number of hydrogen-bond acceptors (Lipinski definition) is 4. The number of hydrogen-bond donors (Lipinski definition) is 2. The molecule has 4 heteroatoms. The van der Waals surface area contributed by atoms with Gasteiger partial charge in [0.25, 0.3) is 0 Å². The van der Waals surface area contributed by atoms with Crippen LogP contribution in [0.1, 0.15) is 12.8 Å². The third-order valence-corrected chi connectivity index (χ3v) is 2.12. The van der Waals surface area contributed by atoms with Gasteiger partial charge in [-0.05, 0) is 19.4 Å². The summed E-state index contributed by atoms with van der Waals surface area (Å²) >= 11 is 0. The second kappa shape index (κ2) is 7.26. The maximum atomic E-state index is 5.44. The van der Waals surface area contributed by atoms with Gasteiger partial charge in [-0.1, -0.05) is 0 Å². The van der Waals surface area contributed by atoms with Crippen LogP contribution in [0.5, 0.6) is 0 Å². The van der Waals surface area contributed by atoms with Gasteiger partial charge in [0.2, 0.25) is 0 Å². The molecule has 1 aliphatic rings. The van der Waals surface area contributed by atoms with E-state index >= 15 is 0 Å². The third-order valence-electron chi connectivity index (χ3n) is 2.12. The molecule has 4 nitrogen and oxygen atoms in total. The van der Waals surface area contributed by atoms with Crippen LogP contribution in [-0.2, 0) is 9.47 Å². The van der Waals surface area contributed by atoms with E-state index in [-0.39, 0.29) is 0 Å². The molecule has 0 aromatic carbocycles. The Balaban J connectivity index is 1.78. The van der Waals surface area contributed by atoms with E-state index < -0.39 is 0 Å². The minimum Gasteiger partial charge on any atom is -0.378 e. The first-order chi connectivity index (χ1) is 6.43. The molecule has 1 fully saturated rings. The van der Waals surface area contributed by atoms with Crippen LogP contribution in [-0.4, -0.2) is 45.6 Å². The molecule has 0 radical (unpaired) electrons. The first-order valence-corrected chi connectivity index (χ1v) is 5.02. The molecule has 0 amide bonds. The molecule has 13 heavy (non-hydrogen) atoms. The number of ether oxygens (including phenoxy) is 2. The van der Waals surface area contributed by atoms with Crippen molar-refractivity contribution in [2.24, 2.45) is 5.73 Å². The summed E-state index contributed by atoms with van der Waals surface area (Å²) in [5.74, 6) is 0. The van der Waals surface area contributed by atoms with E-state index in [4.69, 9.17) is 15.2 Å². The van der Waals surface area contributed by atoms with Crippen molar-refractivity contribution in [2.45, 2.75) is 18.9 Å². The van der Waals surface area contributed by atoms with E-state index in [2.05, 4.69) is 5.32 Å². The van der Waals surface area contributed by atoms with Gasteiger partial charge in [0.1, 0.15) is 0 Å². The van der Waals surface area contributed by atoms with Crippen molar-refractivity contribution in [2.75, 3.05) is 39.5 Å². The minimum absolute atomic E-state index is 0.564. The highest BCUT2D eigenvalue weighted by Crippen LogP contribution is 2.04. The van der Waals surface area contributed by atoms with Crippen molar-refractivity contribution in [1.82, 2.24) is 5.32 Å². The molecule has 1 atom stereocenters. The van der Waals surface area contributed by atoms with Crippen LogP contribution in [0.15, 0.2) is 0 Å². The van der Waals surface area contributed by atoms with Gasteiger partial charge in [0.05, 0.1) is 26.4 Å². The van der Waals surface area contributed by atoms with Crippen LogP contribution in [0.4, 0.5) is 0 Å². The predicted octanol–water partition coefficient (Wildman–Crippen LogP) is -0.270. The van der Waals surface area contributed by atoms with E-state index in [1.807, 2.05) is 0 Å². The Morgan fingerprint density at radius 2 is 2.08 bits per heavy atom. The highest BCUT2D eigenvalue weighted by molar-refractivity contribution is 4.73. The van der Waals surface area contributed by atoms with Gasteiger partial charge in [-0.3, -0.25) is 0 Å². The molecule has 1 saturated heterocycles. The van der Waals surface area contributed by atoms with Crippen LogP contribution in [0, 0.1) is 0 Å². The van der Waals surface area contributed by atoms with Gasteiger partial charge in [0.15, 0.2) is 0 Å². The normalized spacial score (nSPS) is 22.4. The van der Waals surface area contributed by atoms with Crippen LogP contribution < -0.4 is 11.1 Å². The molecule has 1 heterocycles. The number of nitrogens with two attached hydrogens (primary N) is 1. The molecule has 1 aliphatic heterocycles. The molecule has 1 unspecified atom stereocenters. The zero-order chi connectivity index (χ0) is 9.36. The summed E-state index contributed by atoms with van der Waals surface area (Å²) in [5.41, 5.74) is 5.27. The lowest BCUT2D eigenvalue weighted by molar-refractivity contribution is 0.0436. The number of rotatable bonds is 7. The van der Waals surface area contributed by atoms with Gasteiger partial charge in [-0.2, -0.15) is 0 Å². The van der Waals surface area contributed by atoms with Gasteiger partial charge in [0, 0.05) is 12.6 Å². The average molecular weight is 188 g/mol. The summed E-state index contributed by atoms with van der Waals surface area (Å²) in [5, 5.41) is 3.37. The van der Waals surface area contributed by atoms with Crippen LogP contribution in [0.3, 0.4) is 0 Å². The van der Waals surface area contributed by atoms with E-state index in [1.54, 1.807) is 0 Å². The Bertz CT molecular complexity index is 116. The van der Waals surface area contributed by atoms with Crippen molar-refractivity contribution in [3.8, 4) is 0 Å². The van der Waals surface area contributed by atoms with E-state index in [1.165, 1.54) is 12.8 Å². The molecule has 1 rings (SSSR count). The molecule has 0 saturated carbocycles. The Morgan fingerprint density at radius 1 is 1.23 bits per heavy atom. The quantitative estimate of drug-likeness (QED) is 0.540. The molecule has 0 aromatic rings. The van der Waals surface area contributed by atoms with Crippen LogP contribution >= 0.6 is 0 Å². The van der Waals surface area contributed by atoms with Crippen molar-refractivity contribution in [3.63, 3.8) is 0 Å². The summed E-state index contributed by atoms with van der Waals surface area (Å²) in [6.07, 6.45) is 2.52. The molecular formula is C9H20N2O2. The van der Waals surface area contributed by atoms with Gasteiger partial charge < -0.3 is 20.5 Å². The largest absolute Gasteiger partial charge is 0.378 e. The molecule has 0 aliphatic carbocycles. The molecule has 78 valence electrons. The Hall–Kier alpha value is -0.160. The Morgan fingerprint density at radius 3 is 2.77 bits per heavy atom. The summed E-state index contributed by atoms with van der Waals surface area (Å²) in [6.45, 7) is 4.50. The fourth-order valence-corrected chi connectivity index (χ4v) is 1.43. The Kier molecular flexibility index (Phi) is 6.10. The summed E-state index contributed by atoms with van der Waals surface area (Å²) in [4.78, 5) is 0. The highest BCUT2D eigenvalue weighted by atomic mass is 16.5. The fourth-order valence-electron chi connectivity index (χ4n) is 1.43. The van der Waals surface area contributed by atoms with Crippen LogP contribution in [0.2, 0.25) is 0 Å². The maximum Gasteiger partial charge on any atom is 0.0701 e. The Labute approximate surface area is 79.8 Å². The van der Waals surface area contributed by atoms with E-state index in [9.17, 15) is 0 Å². The molecule has 0 aromatic heterocycles. The minimum atomic E-state index is 0.564. The van der Waals surface area contributed by atoms with Gasteiger partial charge in [-0.25, -0.2) is 0 Å². The first-order valence-electron chi connectivity index (χ1n) is 5.02. The molecule has 0 spiro atoms. The lowest BCUT2D eigenvalue weighted by Gasteiger charge is -2.10. The number of nitrogens with one attached hydrogen (secondary N) is 1. The van der Waals surface area contributed by atoms with E-state index in [0.717, 1.165) is 13.2 Å². The first kappa shape index (κ1) is 10.9. The predicted molar refractivity (Wildman–Crippen MR) is 51.7 cm³/mol. The summed E-state index contributed by atoms with van der Waals surface area (Å²) < 4.78 is 10.6. The zero-order valence-electron chi connectivity index (χ0n) is 8.13. The molecule has 0 bridgehead atoms. The monoisotopic (exact) mass is 188 g/mol. The highest BCUT2D eigenvalue weighted by Gasteiger charge is 2.13. The van der Waals surface area contributed by atoms with Gasteiger partial charge >= 0.3 is 0 Å². The zero-order valence-corrected chi connectivity index (χ0v) is 8.13. The van der Waals surface area contributed by atoms with Crippen molar-refractivity contribution < 1.29 is 9.47 Å².